The van der Waals surface area contributed by atoms with Crippen molar-refractivity contribution in [1.82, 2.24) is 10.2 Å². The van der Waals surface area contributed by atoms with Crippen molar-refractivity contribution < 1.29 is 19.1 Å². The predicted molar refractivity (Wildman–Crippen MR) is 162 cm³/mol. The zero-order chi connectivity index (χ0) is 28.9. The van der Waals surface area contributed by atoms with E-state index in [1.165, 1.54) is 0 Å². The predicted octanol–water partition coefficient (Wildman–Crippen LogP) is 6.40. The van der Waals surface area contributed by atoms with Gasteiger partial charge in [0.2, 0.25) is 5.91 Å². The van der Waals surface area contributed by atoms with Crippen LogP contribution in [0.1, 0.15) is 52.1 Å². The molecule has 3 aromatic carbocycles. The number of fused-ring (bicyclic) bond motifs is 1. The van der Waals surface area contributed by atoms with Gasteiger partial charge in [0, 0.05) is 11.7 Å². The Morgan fingerprint density at radius 3 is 2.27 bits per heavy atom. The van der Waals surface area contributed by atoms with Crippen LogP contribution in [0.4, 0.5) is 10.5 Å². The number of nitrogens with zero attached hydrogens (tertiary/aromatic N) is 1. The number of thioether (sulfide) groups is 1. The summed E-state index contributed by atoms with van der Waals surface area (Å²) in [6, 6.07) is 21.3. The van der Waals surface area contributed by atoms with Gasteiger partial charge in [0.05, 0.1) is 0 Å². The second-order valence-electron chi connectivity index (χ2n) is 11.4. The van der Waals surface area contributed by atoms with E-state index in [1.54, 1.807) is 37.4 Å². The van der Waals surface area contributed by atoms with Crippen LogP contribution in [0.5, 0.6) is 0 Å². The topological polar surface area (TPSA) is 87.7 Å². The van der Waals surface area contributed by atoms with E-state index in [4.69, 9.17) is 4.74 Å². The Morgan fingerprint density at radius 1 is 1.00 bits per heavy atom. The molecule has 1 saturated carbocycles. The number of carbonyl (C=O) groups excluding carboxylic acids is 3. The van der Waals surface area contributed by atoms with Crippen LogP contribution in [0.15, 0.2) is 72.8 Å². The van der Waals surface area contributed by atoms with Crippen LogP contribution in [0, 0.1) is 5.92 Å². The van der Waals surface area contributed by atoms with E-state index >= 15 is 0 Å². The molecule has 0 bridgehead atoms. The highest BCUT2D eigenvalue weighted by Crippen LogP contribution is 2.41. The van der Waals surface area contributed by atoms with Gasteiger partial charge < -0.3 is 20.3 Å². The van der Waals surface area contributed by atoms with Gasteiger partial charge in [-0.15, -0.1) is 0 Å². The molecule has 40 heavy (non-hydrogen) atoms. The van der Waals surface area contributed by atoms with E-state index in [2.05, 4.69) is 17.6 Å². The molecule has 0 spiro atoms. The first-order valence-corrected chi connectivity index (χ1v) is 15.1. The smallest absolute Gasteiger partial charge is 0.408 e. The molecule has 212 valence electrons. The van der Waals surface area contributed by atoms with Crippen LogP contribution >= 0.6 is 11.8 Å². The summed E-state index contributed by atoms with van der Waals surface area (Å²) in [7, 11) is 0. The number of nitrogens with one attached hydrogen (secondary N) is 2. The van der Waals surface area contributed by atoms with Gasteiger partial charge in [-0.1, -0.05) is 67.6 Å². The number of ether oxygens (including phenoxy) is 1. The van der Waals surface area contributed by atoms with Crippen molar-refractivity contribution in [3.63, 3.8) is 0 Å². The lowest BCUT2D eigenvalue weighted by Crippen LogP contribution is -2.53. The monoisotopic (exact) mass is 561 g/mol. The molecule has 0 saturated heterocycles. The van der Waals surface area contributed by atoms with Gasteiger partial charge in [0.15, 0.2) is 0 Å². The van der Waals surface area contributed by atoms with Crippen LogP contribution in [0.25, 0.3) is 10.8 Å². The van der Waals surface area contributed by atoms with Crippen molar-refractivity contribution in [2.45, 2.75) is 64.3 Å². The molecule has 0 aromatic heterocycles. The van der Waals surface area contributed by atoms with Gasteiger partial charge >= 0.3 is 6.09 Å². The highest BCUT2D eigenvalue weighted by atomic mass is 32.2. The van der Waals surface area contributed by atoms with E-state index in [0.29, 0.717) is 23.4 Å². The normalized spacial score (nSPS) is 17.9. The highest BCUT2D eigenvalue weighted by molar-refractivity contribution is 7.98. The number of carbonyl (C=O) groups is 3. The van der Waals surface area contributed by atoms with Gasteiger partial charge in [0.25, 0.3) is 5.91 Å². The molecule has 3 aromatic rings. The number of alkyl carbamates (subject to hydrolysis) is 1. The Morgan fingerprint density at radius 2 is 1.65 bits per heavy atom. The van der Waals surface area contributed by atoms with Crippen LogP contribution in [0.2, 0.25) is 0 Å². The van der Waals surface area contributed by atoms with Crippen LogP contribution in [-0.4, -0.2) is 52.5 Å². The summed E-state index contributed by atoms with van der Waals surface area (Å²) in [6.45, 7) is 7.43. The number of hydrogen-bond donors (Lipinski definition) is 2. The summed E-state index contributed by atoms with van der Waals surface area (Å²) in [5.74, 6) is 0.331. The minimum Gasteiger partial charge on any atom is -0.444 e. The molecule has 8 heteroatoms. The summed E-state index contributed by atoms with van der Waals surface area (Å²) < 4.78 is 5.48. The fourth-order valence-corrected chi connectivity index (χ4v) is 5.32. The lowest BCUT2D eigenvalue weighted by Gasteiger charge is -2.35. The Labute approximate surface area is 241 Å². The molecular formula is C32H39N3O4S. The molecule has 1 fully saturated rings. The molecule has 0 radical (unpaired) electrons. The van der Waals surface area contributed by atoms with Crippen molar-refractivity contribution in [3.8, 4) is 0 Å². The highest BCUT2D eigenvalue weighted by Gasteiger charge is 2.48. The molecule has 4 atom stereocenters. The molecule has 0 aliphatic heterocycles. The molecule has 7 nitrogen and oxygen atoms in total. The molecule has 2 N–H and O–H groups in total. The van der Waals surface area contributed by atoms with Crippen molar-refractivity contribution >= 4 is 46.1 Å². The standard InChI is InChI=1S/C32H39N3O4S/c1-21-19-27(21)35(30(37)26(17-18-40-5)34-31(38)39-32(2,3)4)28(23-12-7-6-8-13-23)29(36)33-25-16-15-22-11-9-10-14-24(22)20-25/h6-16,20-21,26-28H,17-19H2,1-5H3,(H,33,36)(H,34,38). The van der Waals surface area contributed by atoms with E-state index in [1.807, 2.05) is 79.1 Å². The van der Waals surface area contributed by atoms with Crippen molar-refractivity contribution in [3.05, 3.63) is 78.4 Å². The minimum absolute atomic E-state index is 0.114. The lowest BCUT2D eigenvalue weighted by molar-refractivity contribution is -0.141. The summed E-state index contributed by atoms with van der Waals surface area (Å²) >= 11 is 1.60. The maximum atomic E-state index is 14.3. The van der Waals surface area contributed by atoms with Crippen molar-refractivity contribution in [2.24, 2.45) is 5.92 Å². The largest absolute Gasteiger partial charge is 0.444 e. The average molecular weight is 562 g/mol. The Bertz CT molecular complexity index is 1340. The SMILES string of the molecule is CSCCC(NC(=O)OC(C)(C)C)C(=O)N(C(C(=O)Nc1ccc2ccccc2c1)c1ccccc1)C1CC1C. The summed E-state index contributed by atoms with van der Waals surface area (Å²) in [6.07, 6.45) is 2.53. The van der Waals surface area contributed by atoms with Crippen LogP contribution < -0.4 is 10.6 Å². The second kappa shape index (κ2) is 12.8. The lowest BCUT2D eigenvalue weighted by atomic mass is 10.0. The third-order valence-electron chi connectivity index (χ3n) is 6.94. The summed E-state index contributed by atoms with van der Waals surface area (Å²) in [5, 5.41) is 7.96. The van der Waals surface area contributed by atoms with Crippen molar-refractivity contribution in [1.29, 1.82) is 0 Å². The van der Waals surface area contributed by atoms with Crippen molar-refractivity contribution in [2.75, 3.05) is 17.3 Å². The Kier molecular flexibility index (Phi) is 9.40. The molecule has 0 heterocycles. The average Bonchev–Trinajstić information content (AvgIpc) is 3.64. The Balaban J connectivity index is 1.68. The fourth-order valence-electron chi connectivity index (χ4n) is 4.85. The zero-order valence-electron chi connectivity index (χ0n) is 23.8. The van der Waals surface area contributed by atoms with E-state index in [9.17, 15) is 14.4 Å². The second-order valence-corrected chi connectivity index (χ2v) is 12.4. The molecule has 3 amide bonds. The van der Waals surface area contributed by atoms with E-state index in [-0.39, 0.29) is 23.8 Å². The quantitative estimate of drug-likeness (QED) is 0.299. The first-order chi connectivity index (χ1) is 19.1. The van der Waals surface area contributed by atoms with E-state index < -0.39 is 23.8 Å². The third-order valence-corrected chi connectivity index (χ3v) is 7.58. The molecule has 1 aliphatic carbocycles. The zero-order valence-corrected chi connectivity index (χ0v) is 24.7. The number of anilines is 1. The fraction of sp³-hybridized carbons (Fsp3) is 0.406. The first kappa shape index (κ1) is 29.5. The summed E-state index contributed by atoms with van der Waals surface area (Å²) in [4.78, 5) is 42.8. The summed E-state index contributed by atoms with van der Waals surface area (Å²) in [5.41, 5.74) is 0.676. The Hall–Kier alpha value is -3.52. The van der Waals surface area contributed by atoms with Crippen LogP contribution in [-0.2, 0) is 14.3 Å². The van der Waals surface area contributed by atoms with Gasteiger partial charge in [-0.05, 0) is 80.0 Å². The van der Waals surface area contributed by atoms with Crippen LogP contribution in [0.3, 0.4) is 0 Å². The maximum Gasteiger partial charge on any atom is 0.408 e. The third kappa shape index (κ3) is 7.56. The number of rotatable bonds is 10. The first-order valence-electron chi connectivity index (χ1n) is 13.7. The minimum atomic E-state index is -0.868. The molecule has 1 aliphatic rings. The van der Waals surface area contributed by atoms with E-state index in [0.717, 1.165) is 17.2 Å². The van der Waals surface area contributed by atoms with Gasteiger partial charge in [0.1, 0.15) is 17.7 Å². The number of benzene rings is 3. The molecule has 4 unspecified atom stereocenters. The number of amides is 3. The molecular weight excluding hydrogens is 522 g/mol. The molecule has 4 rings (SSSR count). The number of hydrogen-bond acceptors (Lipinski definition) is 5. The van der Waals surface area contributed by atoms with Gasteiger partial charge in [-0.25, -0.2) is 4.79 Å². The van der Waals surface area contributed by atoms with Gasteiger partial charge in [-0.2, -0.15) is 11.8 Å². The van der Waals surface area contributed by atoms with Gasteiger partial charge in [-0.3, -0.25) is 9.59 Å². The maximum absolute atomic E-state index is 14.3.